The Bertz CT molecular complexity index is 1640. The van der Waals surface area contributed by atoms with E-state index >= 15 is 0 Å². The van der Waals surface area contributed by atoms with Crippen LogP contribution in [0.25, 0.3) is 11.0 Å². The predicted octanol–water partition coefficient (Wildman–Crippen LogP) is 2.31. The summed E-state index contributed by atoms with van der Waals surface area (Å²) in [5.74, 6) is 0.701. The summed E-state index contributed by atoms with van der Waals surface area (Å²) in [6, 6.07) is 5.93. The topological polar surface area (TPSA) is 170 Å². The second-order valence-corrected chi connectivity index (χ2v) is 12.0. The zero-order chi connectivity index (χ0) is 33.2. The van der Waals surface area contributed by atoms with Crippen LogP contribution in [0, 0.1) is 18.3 Å². The maximum Gasteiger partial charge on any atom is 0.263 e. The van der Waals surface area contributed by atoms with Gasteiger partial charge >= 0.3 is 0 Å². The number of aryl methyl sites for hydroxylation is 1. The SMILES string of the molecule is CC(=O)c1c(C)c2cnc(Nc3ccc(N4CCN(CCC(=O)NCCOCCNCC#N)CC4)cn3)nc2n(C2CCCC2)c1=O. The lowest BCUT2D eigenvalue weighted by Crippen LogP contribution is -2.47. The largest absolute Gasteiger partial charge is 0.378 e. The maximum absolute atomic E-state index is 13.5. The Morgan fingerprint density at radius 3 is 2.53 bits per heavy atom. The van der Waals surface area contributed by atoms with Crippen molar-refractivity contribution in [2.45, 2.75) is 52.0 Å². The highest BCUT2D eigenvalue weighted by Crippen LogP contribution is 2.32. The van der Waals surface area contributed by atoms with Gasteiger partial charge in [-0.05, 0) is 44.4 Å². The van der Waals surface area contributed by atoms with Crippen LogP contribution in [0.2, 0.25) is 0 Å². The molecule has 1 amide bonds. The number of carbonyl (C=O) groups excluding carboxylic acids is 2. The Morgan fingerprint density at radius 2 is 1.83 bits per heavy atom. The number of anilines is 3. The molecule has 3 aromatic heterocycles. The number of amides is 1. The molecular formula is C33H44N10O4. The number of rotatable bonds is 15. The lowest BCUT2D eigenvalue weighted by Gasteiger charge is -2.35. The van der Waals surface area contributed by atoms with Crippen LogP contribution in [0.3, 0.4) is 0 Å². The van der Waals surface area contributed by atoms with Gasteiger partial charge in [0.1, 0.15) is 11.5 Å². The summed E-state index contributed by atoms with van der Waals surface area (Å²) in [7, 11) is 0. The number of fused-ring (bicyclic) bond motifs is 1. The van der Waals surface area contributed by atoms with Crippen LogP contribution in [0.15, 0.2) is 29.3 Å². The summed E-state index contributed by atoms with van der Waals surface area (Å²) in [5, 5.41) is 18.2. The van der Waals surface area contributed by atoms with Crippen LogP contribution >= 0.6 is 0 Å². The summed E-state index contributed by atoms with van der Waals surface area (Å²) in [5.41, 5.74) is 2.11. The summed E-state index contributed by atoms with van der Waals surface area (Å²) in [6.45, 7) is 9.63. The Morgan fingerprint density at radius 1 is 1.06 bits per heavy atom. The first-order chi connectivity index (χ1) is 22.9. The summed E-state index contributed by atoms with van der Waals surface area (Å²) >= 11 is 0. The van der Waals surface area contributed by atoms with Crippen LogP contribution in [-0.2, 0) is 9.53 Å². The molecule has 1 saturated carbocycles. The Balaban J connectivity index is 1.11. The molecule has 0 spiro atoms. The molecule has 14 nitrogen and oxygen atoms in total. The molecule has 0 unspecified atom stereocenters. The van der Waals surface area contributed by atoms with Crippen molar-refractivity contribution in [3.63, 3.8) is 0 Å². The minimum Gasteiger partial charge on any atom is -0.378 e. The standard InChI is InChI=1S/C33H44N10O4/c1-23-27-22-38-33(40-31(27)43(25-5-3-4-6-25)32(46)30(23)24(2)44)39-28-8-7-26(21-37-28)42-17-15-41(16-18-42)14-9-29(45)36-13-20-47-19-12-35-11-10-34/h7-8,21-22,25,35H,3-6,9,11-20H2,1-2H3,(H,36,45)(H,37,38,39,40). The van der Waals surface area contributed by atoms with Gasteiger partial charge in [0.25, 0.3) is 5.56 Å². The zero-order valence-corrected chi connectivity index (χ0v) is 27.3. The van der Waals surface area contributed by atoms with E-state index < -0.39 is 0 Å². The molecule has 0 radical (unpaired) electrons. The van der Waals surface area contributed by atoms with Crippen LogP contribution in [0.1, 0.15) is 61.0 Å². The second-order valence-electron chi connectivity index (χ2n) is 12.0. The van der Waals surface area contributed by atoms with E-state index in [1.54, 1.807) is 17.7 Å². The molecule has 3 N–H and O–H groups in total. The molecule has 5 rings (SSSR count). The van der Waals surface area contributed by atoms with E-state index in [0.29, 0.717) is 74.2 Å². The monoisotopic (exact) mass is 644 g/mol. The average molecular weight is 645 g/mol. The van der Waals surface area contributed by atoms with E-state index in [0.717, 1.165) is 57.5 Å². The van der Waals surface area contributed by atoms with Gasteiger partial charge in [-0.1, -0.05) is 12.8 Å². The van der Waals surface area contributed by atoms with Gasteiger partial charge in [0, 0.05) is 69.9 Å². The highest BCUT2D eigenvalue weighted by molar-refractivity contribution is 5.99. The van der Waals surface area contributed by atoms with Crippen molar-refractivity contribution in [3.8, 4) is 6.07 Å². The van der Waals surface area contributed by atoms with Gasteiger partial charge in [-0.25, -0.2) is 9.97 Å². The fraction of sp³-hybridized carbons (Fsp3) is 0.545. The maximum atomic E-state index is 13.5. The van der Waals surface area contributed by atoms with E-state index in [4.69, 9.17) is 15.0 Å². The first-order valence-corrected chi connectivity index (χ1v) is 16.4. The minimum absolute atomic E-state index is 0.0130. The number of carbonyl (C=O) groups is 2. The minimum atomic E-state index is -0.274. The van der Waals surface area contributed by atoms with Crippen LogP contribution in [0.5, 0.6) is 0 Å². The molecule has 1 aliphatic carbocycles. The molecule has 2 aliphatic rings. The lowest BCUT2D eigenvalue weighted by atomic mass is 10.0. The van der Waals surface area contributed by atoms with E-state index in [1.165, 1.54) is 6.92 Å². The highest BCUT2D eigenvalue weighted by atomic mass is 16.5. The average Bonchev–Trinajstić information content (AvgIpc) is 3.60. The van der Waals surface area contributed by atoms with Gasteiger partial charge in [0.2, 0.25) is 11.9 Å². The summed E-state index contributed by atoms with van der Waals surface area (Å²) in [4.78, 5) is 56.5. The normalized spacial score (nSPS) is 15.6. The quantitative estimate of drug-likeness (QED) is 0.126. The number of nitrogens with one attached hydrogen (secondary N) is 3. The smallest absolute Gasteiger partial charge is 0.263 e. The Hall–Kier alpha value is -4.45. The molecule has 0 bridgehead atoms. The number of nitrogens with zero attached hydrogens (tertiary/aromatic N) is 7. The Labute approximate surface area is 274 Å². The molecular weight excluding hydrogens is 600 g/mol. The van der Waals surface area contributed by atoms with Gasteiger partial charge in [-0.15, -0.1) is 0 Å². The Kier molecular flexibility index (Phi) is 11.8. The number of nitriles is 1. The predicted molar refractivity (Wildman–Crippen MR) is 179 cm³/mol. The van der Waals surface area contributed by atoms with Crippen molar-refractivity contribution in [1.82, 2.24) is 35.1 Å². The van der Waals surface area contributed by atoms with Crippen LogP contribution in [0.4, 0.5) is 17.5 Å². The van der Waals surface area contributed by atoms with Gasteiger partial charge < -0.3 is 25.6 Å². The summed E-state index contributed by atoms with van der Waals surface area (Å²) in [6.07, 6.45) is 7.81. The third kappa shape index (κ3) is 8.68. The van der Waals surface area contributed by atoms with E-state index in [2.05, 4.69) is 35.7 Å². The molecule has 1 aliphatic heterocycles. The number of Topliss-reactive ketones (excluding diaryl/α,β-unsaturated/α-hetero) is 1. The molecule has 1 saturated heterocycles. The van der Waals surface area contributed by atoms with E-state index in [-0.39, 0.29) is 28.9 Å². The van der Waals surface area contributed by atoms with Gasteiger partial charge in [-0.2, -0.15) is 10.2 Å². The van der Waals surface area contributed by atoms with Crippen molar-refractivity contribution < 1.29 is 14.3 Å². The van der Waals surface area contributed by atoms with Crippen molar-refractivity contribution in [3.05, 3.63) is 46.0 Å². The van der Waals surface area contributed by atoms with Crippen molar-refractivity contribution in [1.29, 1.82) is 5.26 Å². The summed E-state index contributed by atoms with van der Waals surface area (Å²) < 4.78 is 7.14. The van der Waals surface area contributed by atoms with E-state index in [9.17, 15) is 14.4 Å². The third-order valence-corrected chi connectivity index (χ3v) is 8.83. The number of hydrogen-bond donors (Lipinski definition) is 3. The molecule has 47 heavy (non-hydrogen) atoms. The first kappa shape index (κ1) is 33.9. The lowest BCUT2D eigenvalue weighted by molar-refractivity contribution is -0.121. The van der Waals surface area contributed by atoms with Crippen molar-refractivity contribution in [2.75, 3.05) is 75.8 Å². The molecule has 0 atom stereocenters. The zero-order valence-electron chi connectivity index (χ0n) is 27.3. The third-order valence-electron chi connectivity index (χ3n) is 8.83. The van der Waals surface area contributed by atoms with Gasteiger partial charge in [0.05, 0.1) is 43.3 Å². The number of ketones is 1. The number of ether oxygens (including phenoxy) is 1. The fourth-order valence-corrected chi connectivity index (χ4v) is 6.30. The van der Waals surface area contributed by atoms with Crippen LogP contribution < -0.4 is 26.4 Å². The molecule has 2 fully saturated rings. The van der Waals surface area contributed by atoms with Crippen molar-refractivity contribution in [2.24, 2.45) is 0 Å². The number of hydrogen-bond acceptors (Lipinski definition) is 12. The molecule has 0 aromatic carbocycles. The van der Waals surface area contributed by atoms with Gasteiger partial charge in [-0.3, -0.25) is 23.9 Å². The van der Waals surface area contributed by atoms with Crippen molar-refractivity contribution >= 4 is 40.2 Å². The van der Waals surface area contributed by atoms with Gasteiger partial charge in [0.15, 0.2) is 5.78 Å². The second kappa shape index (κ2) is 16.4. The molecule has 250 valence electrons. The fourth-order valence-electron chi connectivity index (χ4n) is 6.30. The highest BCUT2D eigenvalue weighted by Gasteiger charge is 2.26. The number of pyridine rings is 2. The number of aromatic nitrogens is 4. The molecule has 4 heterocycles. The molecule has 3 aromatic rings. The number of piperazine rings is 1. The first-order valence-electron chi connectivity index (χ1n) is 16.4. The molecule has 14 heteroatoms. The van der Waals surface area contributed by atoms with E-state index in [1.807, 2.05) is 24.4 Å². The van der Waals surface area contributed by atoms with Crippen LogP contribution in [-0.4, -0.2) is 102 Å².